The van der Waals surface area contributed by atoms with Crippen LogP contribution in [0.15, 0.2) is 6.33 Å². The average Bonchev–Trinajstić information content (AvgIpc) is 3.01. The van der Waals surface area contributed by atoms with Gasteiger partial charge in [0.1, 0.15) is 6.10 Å². The van der Waals surface area contributed by atoms with Gasteiger partial charge in [-0.05, 0) is 17.5 Å². The van der Waals surface area contributed by atoms with Gasteiger partial charge >= 0.3 is 0 Å². The lowest BCUT2D eigenvalue weighted by Crippen LogP contribution is -2.38. The van der Waals surface area contributed by atoms with Gasteiger partial charge in [0.15, 0.2) is 17.0 Å². The van der Waals surface area contributed by atoms with Crippen molar-refractivity contribution in [2.45, 2.75) is 32.1 Å². The van der Waals surface area contributed by atoms with Crippen LogP contribution in [-0.2, 0) is 0 Å². The Bertz CT molecular complexity index is 739. The van der Waals surface area contributed by atoms with E-state index >= 15 is 0 Å². The second-order valence-electron chi connectivity index (χ2n) is 6.29. The topological polar surface area (TPSA) is 116 Å². The van der Waals surface area contributed by atoms with Gasteiger partial charge in [-0.15, -0.1) is 0 Å². The van der Waals surface area contributed by atoms with Gasteiger partial charge in [0.25, 0.3) is 0 Å². The van der Waals surface area contributed by atoms with E-state index in [-0.39, 0.29) is 17.8 Å². The van der Waals surface area contributed by atoms with Crippen molar-refractivity contribution in [1.29, 1.82) is 0 Å². The molecular weight excluding hydrogens is 322 g/mol. The van der Waals surface area contributed by atoms with Crippen LogP contribution in [0.3, 0.4) is 0 Å². The van der Waals surface area contributed by atoms with Gasteiger partial charge in [0.05, 0.1) is 25.1 Å². The number of hydrogen-bond acceptors (Lipinski definition) is 7. The van der Waals surface area contributed by atoms with Gasteiger partial charge in [-0.2, -0.15) is 9.97 Å². The maximum atomic E-state index is 10.5. The van der Waals surface area contributed by atoms with E-state index in [1.54, 1.807) is 24.9 Å². The zero-order valence-corrected chi connectivity index (χ0v) is 13.9. The van der Waals surface area contributed by atoms with Crippen molar-refractivity contribution in [1.82, 2.24) is 19.5 Å². The summed E-state index contributed by atoms with van der Waals surface area (Å²) >= 11 is 5.97. The molecule has 1 fully saturated rings. The molecular formula is C14H20ClN5O3. The normalized spacial score (nSPS) is 34.2. The summed E-state index contributed by atoms with van der Waals surface area (Å²) in [7, 11) is 1.71. The number of halogens is 1. The fraction of sp³-hybridized carbons (Fsp3) is 0.643. The number of aromatic nitrogens is 4. The second-order valence-corrected chi connectivity index (χ2v) is 6.63. The summed E-state index contributed by atoms with van der Waals surface area (Å²) in [6, 6.07) is -0.483. The monoisotopic (exact) mass is 341 g/mol. The van der Waals surface area contributed by atoms with Crippen LogP contribution < -0.4 is 5.32 Å². The van der Waals surface area contributed by atoms with E-state index in [4.69, 9.17) is 11.6 Å². The summed E-state index contributed by atoms with van der Waals surface area (Å²) in [4.78, 5) is 12.6. The molecule has 2 aromatic heterocycles. The molecule has 0 aromatic carbocycles. The second kappa shape index (κ2) is 5.55. The molecule has 0 spiro atoms. The summed E-state index contributed by atoms with van der Waals surface area (Å²) in [5, 5.41) is 33.5. The molecule has 0 bridgehead atoms. The molecule has 5 unspecified atom stereocenters. The van der Waals surface area contributed by atoms with E-state index in [0.29, 0.717) is 17.0 Å². The molecule has 0 saturated heterocycles. The van der Waals surface area contributed by atoms with Crippen molar-refractivity contribution >= 4 is 28.6 Å². The predicted molar refractivity (Wildman–Crippen MR) is 85.3 cm³/mol. The summed E-state index contributed by atoms with van der Waals surface area (Å²) in [6.07, 6.45) is -0.547. The Morgan fingerprint density at radius 2 is 2.09 bits per heavy atom. The highest BCUT2D eigenvalue weighted by atomic mass is 35.5. The van der Waals surface area contributed by atoms with Crippen molar-refractivity contribution < 1.29 is 15.3 Å². The number of fused-ring (bicyclic) bond motifs is 1. The largest absolute Gasteiger partial charge is 0.396 e. The molecule has 1 aliphatic rings. The minimum absolute atomic E-state index is 0.0641. The molecule has 126 valence electrons. The number of nitrogens with one attached hydrogen (secondary N) is 1. The first kappa shape index (κ1) is 16.4. The van der Waals surface area contributed by atoms with Gasteiger partial charge in [-0.1, -0.05) is 13.8 Å². The number of aliphatic hydroxyl groups excluding tert-OH is 3. The highest BCUT2D eigenvalue weighted by Crippen LogP contribution is 2.49. The van der Waals surface area contributed by atoms with Crippen molar-refractivity contribution in [2.75, 3.05) is 19.0 Å². The zero-order chi connectivity index (χ0) is 16.9. The third-order valence-electron chi connectivity index (χ3n) is 5.19. The van der Waals surface area contributed by atoms with Gasteiger partial charge in [-0.3, -0.25) is 0 Å². The smallest absolute Gasteiger partial charge is 0.226 e. The zero-order valence-electron chi connectivity index (χ0n) is 13.1. The molecule has 5 atom stereocenters. The first-order valence-electron chi connectivity index (χ1n) is 7.40. The third kappa shape index (κ3) is 2.20. The van der Waals surface area contributed by atoms with Crippen molar-refractivity contribution in [3.63, 3.8) is 0 Å². The molecule has 0 radical (unpaired) electrons. The molecule has 8 nitrogen and oxygen atoms in total. The summed E-state index contributed by atoms with van der Waals surface area (Å²) in [5.74, 6) is 0.283. The Morgan fingerprint density at radius 3 is 2.65 bits per heavy atom. The first-order valence-corrected chi connectivity index (χ1v) is 7.77. The number of rotatable bonds is 3. The highest BCUT2D eigenvalue weighted by molar-refractivity contribution is 6.28. The van der Waals surface area contributed by atoms with Crippen LogP contribution in [0.25, 0.3) is 11.2 Å². The van der Waals surface area contributed by atoms with Crippen LogP contribution in [0.5, 0.6) is 0 Å². The lowest BCUT2D eigenvalue weighted by molar-refractivity contribution is -0.0470. The first-order chi connectivity index (χ1) is 10.8. The fourth-order valence-corrected chi connectivity index (χ4v) is 3.62. The Hall–Kier alpha value is -1.48. The molecule has 2 heterocycles. The van der Waals surface area contributed by atoms with Crippen LogP contribution >= 0.6 is 11.6 Å². The van der Waals surface area contributed by atoms with Crippen molar-refractivity contribution in [2.24, 2.45) is 11.3 Å². The Kier molecular flexibility index (Phi) is 3.96. The van der Waals surface area contributed by atoms with Gasteiger partial charge in [-0.25, -0.2) is 4.98 Å². The van der Waals surface area contributed by atoms with E-state index in [1.165, 1.54) is 0 Å². The molecule has 4 N–H and O–H groups in total. The lowest BCUT2D eigenvalue weighted by atomic mass is 9.79. The van der Waals surface area contributed by atoms with E-state index in [9.17, 15) is 15.3 Å². The Labute approximate surface area is 138 Å². The van der Waals surface area contributed by atoms with Gasteiger partial charge < -0.3 is 25.2 Å². The summed E-state index contributed by atoms with van der Waals surface area (Å²) < 4.78 is 1.70. The lowest BCUT2D eigenvalue weighted by Gasteiger charge is -2.31. The Balaban J connectivity index is 2.16. The van der Waals surface area contributed by atoms with E-state index in [1.807, 2.05) is 6.92 Å². The third-order valence-corrected chi connectivity index (χ3v) is 5.36. The van der Waals surface area contributed by atoms with Crippen molar-refractivity contribution in [3.05, 3.63) is 11.6 Å². The maximum Gasteiger partial charge on any atom is 0.226 e. The van der Waals surface area contributed by atoms with Crippen LogP contribution in [0, 0.1) is 11.3 Å². The highest BCUT2D eigenvalue weighted by Gasteiger charge is 2.55. The van der Waals surface area contributed by atoms with E-state index < -0.39 is 23.7 Å². The van der Waals surface area contributed by atoms with Gasteiger partial charge in [0, 0.05) is 12.5 Å². The maximum absolute atomic E-state index is 10.5. The number of anilines is 1. The molecule has 1 saturated carbocycles. The number of nitrogens with zero attached hydrogens (tertiary/aromatic N) is 4. The van der Waals surface area contributed by atoms with Crippen molar-refractivity contribution in [3.8, 4) is 0 Å². The van der Waals surface area contributed by atoms with Gasteiger partial charge in [0.2, 0.25) is 5.28 Å². The number of aliphatic hydroxyl groups is 3. The quantitative estimate of drug-likeness (QED) is 0.598. The number of imidazole rings is 1. The minimum Gasteiger partial charge on any atom is -0.396 e. The van der Waals surface area contributed by atoms with Crippen LogP contribution in [0.2, 0.25) is 5.28 Å². The van der Waals surface area contributed by atoms with Crippen LogP contribution in [-0.4, -0.2) is 60.7 Å². The molecule has 23 heavy (non-hydrogen) atoms. The SMILES string of the molecule is CNc1nc(Cl)nc2c1ncn2C1C(O)C(O)C(C)(CO)C1C. The Morgan fingerprint density at radius 1 is 1.39 bits per heavy atom. The van der Waals surface area contributed by atoms with Crippen LogP contribution in [0.1, 0.15) is 19.9 Å². The molecule has 3 rings (SSSR count). The van der Waals surface area contributed by atoms with Crippen LogP contribution in [0.4, 0.5) is 5.82 Å². The molecule has 2 aromatic rings. The minimum atomic E-state index is -1.05. The fourth-order valence-electron chi connectivity index (χ4n) is 3.46. The number of hydrogen-bond donors (Lipinski definition) is 4. The molecule has 1 aliphatic carbocycles. The standard InChI is InChI=1S/C14H20ClN5O3/c1-6-8(9(22)10(23)14(6,2)4-21)20-5-17-7-11(16-3)18-13(15)19-12(7)20/h5-6,8-10,21-23H,4H2,1-3H3,(H,16,18,19). The summed E-state index contributed by atoms with van der Waals surface area (Å²) in [6.45, 7) is 3.41. The molecule has 0 aliphatic heterocycles. The molecule has 0 amide bonds. The predicted octanol–water partition coefficient (Wildman–Crippen LogP) is 0.433. The average molecular weight is 342 g/mol. The van der Waals surface area contributed by atoms with E-state index in [2.05, 4.69) is 20.3 Å². The van der Waals surface area contributed by atoms with E-state index in [0.717, 1.165) is 0 Å². The molecule has 9 heteroatoms. The summed E-state index contributed by atoms with van der Waals surface area (Å²) in [5.41, 5.74) is 0.187.